The number of hydrazine groups is 1. The maximum Gasteiger partial charge on any atom is 0.263 e. The Hall–Kier alpha value is -0.650. The molecule has 17 heavy (non-hydrogen) atoms. The van der Waals surface area contributed by atoms with Crippen molar-refractivity contribution in [3.8, 4) is 0 Å². The topological polar surface area (TPSA) is 67.6 Å². The molecule has 2 atom stereocenters. The molecule has 98 valence electrons. The van der Waals surface area contributed by atoms with E-state index in [9.17, 15) is 4.79 Å². The van der Waals surface area contributed by atoms with Crippen LogP contribution in [0.3, 0.4) is 0 Å². The lowest BCUT2D eigenvalue weighted by Gasteiger charge is -2.33. The molecule has 0 spiro atoms. The number of amides is 1. The van der Waals surface area contributed by atoms with Gasteiger partial charge < -0.3 is 4.74 Å². The van der Waals surface area contributed by atoms with Gasteiger partial charge >= 0.3 is 0 Å². The van der Waals surface area contributed by atoms with Gasteiger partial charge in [-0.25, -0.2) is 5.84 Å². The quantitative estimate of drug-likeness (QED) is 0.426. The van der Waals surface area contributed by atoms with Gasteiger partial charge in [-0.2, -0.15) is 0 Å². The summed E-state index contributed by atoms with van der Waals surface area (Å²) in [7, 11) is 0. The minimum Gasteiger partial charge on any atom is -0.364 e. The molecule has 2 aliphatic rings. The van der Waals surface area contributed by atoms with Crippen LogP contribution in [0.2, 0.25) is 0 Å². The van der Waals surface area contributed by atoms with Gasteiger partial charge in [0.1, 0.15) is 6.10 Å². The van der Waals surface area contributed by atoms with E-state index < -0.39 is 0 Å². The Morgan fingerprint density at radius 1 is 1.53 bits per heavy atom. The Bertz CT molecular complexity index is 293. The van der Waals surface area contributed by atoms with Crippen molar-refractivity contribution in [1.82, 2.24) is 10.3 Å². The van der Waals surface area contributed by atoms with E-state index in [0.29, 0.717) is 0 Å². The molecule has 2 unspecified atom stereocenters. The van der Waals surface area contributed by atoms with Crippen LogP contribution in [0.4, 0.5) is 0 Å². The molecule has 2 aliphatic heterocycles. The Kier molecular flexibility index (Phi) is 3.70. The highest BCUT2D eigenvalue weighted by Crippen LogP contribution is 2.30. The van der Waals surface area contributed by atoms with Gasteiger partial charge in [0.25, 0.3) is 5.91 Å². The van der Waals surface area contributed by atoms with E-state index in [2.05, 4.69) is 24.2 Å². The molecule has 2 heterocycles. The highest BCUT2D eigenvalue weighted by Gasteiger charge is 2.37. The van der Waals surface area contributed by atoms with Crippen LogP contribution in [0.5, 0.6) is 0 Å². The molecule has 0 aliphatic carbocycles. The van der Waals surface area contributed by atoms with Crippen molar-refractivity contribution < 1.29 is 9.53 Å². The summed E-state index contributed by atoms with van der Waals surface area (Å²) in [6.45, 7) is 6.63. The van der Waals surface area contributed by atoms with Crippen LogP contribution in [0.1, 0.15) is 39.5 Å². The van der Waals surface area contributed by atoms with Crippen molar-refractivity contribution in [1.29, 1.82) is 0 Å². The number of nitrogens with one attached hydrogen (secondary N) is 1. The number of carbonyl (C=O) groups excluding carboxylic acids is 1. The van der Waals surface area contributed by atoms with E-state index in [-0.39, 0.29) is 23.7 Å². The van der Waals surface area contributed by atoms with Crippen LogP contribution in [0.15, 0.2) is 0 Å². The SMILES string of the molecule is CC1(C)CCCN1CC1CCC(C(=O)NN)O1. The number of ether oxygens (including phenoxy) is 1. The molecule has 2 saturated heterocycles. The summed E-state index contributed by atoms with van der Waals surface area (Å²) in [5, 5.41) is 0. The van der Waals surface area contributed by atoms with Crippen LogP contribution in [-0.4, -0.2) is 41.6 Å². The van der Waals surface area contributed by atoms with E-state index in [1.165, 1.54) is 12.8 Å². The molecular weight excluding hydrogens is 218 g/mol. The molecule has 0 aromatic rings. The number of nitrogens with two attached hydrogens (primary N) is 1. The molecule has 0 aromatic carbocycles. The van der Waals surface area contributed by atoms with Gasteiger partial charge in [0.2, 0.25) is 0 Å². The molecular formula is C12H23N3O2. The molecule has 5 heteroatoms. The van der Waals surface area contributed by atoms with Gasteiger partial charge in [0, 0.05) is 12.1 Å². The van der Waals surface area contributed by atoms with Crippen LogP contribution in [0, 0.1) is 0 Å². The number of hydrogen-bond donors (Lipinski definition) is 2. The summed E-state index contributed by atoms with van der Waals surface area (Å²) in [6.07, 6.45) is 4.05. The highest BCUT2D eigenvalue weighted by atomic mass is 16.5. The van der Waals surface area contributed by atoms with Crippen molar-refractivity contribution in [2.45, 2.75) is 57.3 Å². The third-order valence-electron chi connectivity index (χ3n) is 4.04. The van der Waals surface area contributed by atoms with E-state index in [1.807, 2.05) is 0 Å². The predicted octanol–water partition coefficient (Wildman–Crippen LogP) is 0.398. The highest BCUT2D eigenvalue weighted by molar-refractivity contribution is 5.80. The Labute approximate surface area is 103 Å². The van der Waals surface area contributed by atoms with Crippen LogP contribution >= 0.6 is 0 Å². The number of carbonyl (C=O) groups is 1. The van der Waals surface area contributed by atoms with Gasteiger partial charge in [0.15, 0.2) is 0 Å². The van der Waals surface area contributed by atoms with E-state index >= 15 is 0 Å². The summed E-state index contributed by atoms with van der Waals surface area (Å²) in [5.74, 6) is 4.91. The molecule has 0 aromatic heterocycles. The summed E-state index contributed by atoms with van der Waals surface area (Å²) in [4.78, 5) is 13.8. The zero-order chi connectivity index (χ0) is 12.5. The van der Waals surface area contributed by atoms with Crippen LogP contribution < -0.4 is 11.3 Å². The second kappa shape index (κ2) is 4.92. The average Bonchev–Trinajstić information content (AvgIpc) is 2.86. The molecule has 2 fully saturated rings. The number of nitrogens with zero attached hydrogens (tertiary/aromatic N) is 1. The lowest BCUT2D eigenvalue weighted by atomic mass is 10.0. The predicted molar refractivity (Wildman–Crippen MR) is 65.1 cm³/mol. The first kappa shape index (κ1) is 12.8. The number of likely N-dealkylation sites (tertiary alicyclic amines) is 1. The third kappa shape index (κ3) is 2.78. The maximum atomic E-state index is 11.3. The lowest BCUT2D eigenvalue weighted by Crippen LogP contribution is -2.44. The summed E-state index contributed by atoms with van der Waals surface area (Å²) in [6, 6.07) is 0. The molecule has 3 N–H and O–H groups in total. The Balaban J connectivity index is 1.84. The zero-order valence-corrected chi connectivity index (χ0v) is 10.7. The molecule has 0 radical (unpaired) electrons. The van der Waals surface area contributed by atoms with Crippen molar-refractivity contribution >= 4 is 5.91 Å². The van der Waals surface area contributed by atoms with E-state index in [4.69, 9.17) is 10.6 Å². The van der Waals surface area contributed by atoms with Gasteiger partial charge in [-0.3, -0.25) is 15.1 Å². The lowest BCUT2D eigenvalue weighted by molar-refractivity contribution is -0.132. The van der Waals surface area contributed by atoms with Crippen molar-refractivity contribution in [2.24, 2.45) is 5.84 Å². The molecule has 5 nitrogen and oxygen atoms in total. The number of rotatable bonds is 3. The van der Waals surface area contributed by atoms with Gasteiger partial charge in [-0.05, 0) is 46.1 Å². The van der Waals surface area contributed by atoms with Crippen molar-refractivity contribution in [3.05, 3.63) is 0 Å². The van der Waals surface area contributed by atoms with Gasteiger partial charge in [-0.15, -0.1) is 0 Å². The summed E-state index contributed by atoms with van der Waals surface area (Å²) in [5.41, 5.74) is 2.44. The monoisotopic (exact) mass is 241 g/mol. The first-order valence-corrected chi connectivity index (χ1v) is 6.44. The van der Waals surface area contributed by atoms with Crippen LogP contribution in [-0.2, 0) is 9.53 Å². The summed E-state index contributed by atoms with van der Waals surface area (Å²) >= 11 is 0. The van der Waals surface area contributed by atoms with Crippen molar-refractivity contribution in [2.75, 3.05) is 13.1 Å². The fourth-order valence-corrected chi connectivity index (χ4v) is 2.87. The molecule has 0 bridgehead atoms. The average molecular weight is 241 g/mol. The minimum atomic E-state index is -0.351. The smallest absolute Gasteiger partial charge is 0.263 e. The normalized spacial score (nSPS) is 32.9. The third-order valence-corrected chi connectivity index (χ3v) is 4.04. The van der Waals surface area contributed by atoms with Crippen LogP contribution in [0.25, 0.3) is 0 Å². The molecule has 1 amide bonds. The maximum absolute atomic E-state index is 11.3. The minimum absolute atomic E-state index is 0.176. The largest absolute Gasteiger partial charge is 0.364 e. The summed E-state index contributed by atoms with van der Waals surface area (Å²) < 4.78 is 5.74. The fraction of sp³-hybridized carbons (Fsp3) is 0.917. The van der Waals surface area contributed by atoms with Crippen molar-refractivity contribution in [3.63, 3.8) is 0 Å². The molecule has 0 saturated carbocycles. The molecule has 2 rings (SSSR count). The van der Waals surface area contributed by atoms with E-state index in [0.717, 1.165) is 25.9 Å². The second-order valence-corrected chi connectivity index (χ2v) is 5.69. The zero-order valence-electron chi connectivity index (χ0n) is 10.7. The number of hydrogen-bond acceptors (Lipinski definition) is 4. The standard InChI is InChI=1S/C12H23N3O2/c1-12(2)6-3-7-15(12)8-9-4-5-10(17-9)11(16)14-13/h9-10H,3-8,13H2,1-2H3,(H,14,16). The Morgan fingerprint density at radius 2 is 2.29 bits per heavy atom. The Morgan fingerprint density at radius 3 is 2.88 bits per heavy atom. The van der Waals surface area contributed by atoms with E-state index in [1.54, 1.807) is 0 Å². The van der Waals surface area contributed by atoms with Gasteiger partial charge in [0.05, 0.1) is 6.10 Å². The first-order chi connectivity index (χ1) is 8.03. The first-order valence-electron chi connectivity index (χ1n) is 6.44. The second-order valence-electron chi connectivity index (χ2n) is 5.69. The van der Waals surface area contributed by atoms with Gasteiger partial charge in [-0.1, -0.05) is 0 Å². The fourth-order valence-electron chi connectivity index (χ4n) is 2.87.